The van der Waals surface area contributed by atoms with Crippen LogP contribution in [0, 0.1) is 6.92 Å². The fraction of sp³-hybridized carbons (Fsp3) is 0.500. The zero-order valence-electron chi connectivity index (χ0n) is 9.36. The number of aryl methyl sites for hydroxylation is 1. The first-order valence-electron chi connectivity index (χ1n) is 5.34. The summed E-state index contributed by atoms with van der Waals surface area (Å²) in [6.45, 7) is 4.16. The Morgan fingerprint density at radius 1 is 1.47 bits per heavy atom. The SMILES string of the molecule is COC1CCN(c2ccc(N)cc2C)C1. The van der Waals surface area contributed by atoms with Crippen molar-refractivity contribution in [2.24, 2.45) is 0 Å². The van der Waals surface area contributed by atoms with Gasteiger partial charge < -0.3 is 15.4 Å². The Morgan fingerprint density at radius 3 is 2.87 bits per heavy atom. The number of ether oxygens (including phenoxy) is 1. The van der Waals surface area contributed by atoms with Gasteiger partial charge in [0.2, 0.25) is 0 Å². The molecule has 1 saturated heterocycles. The molecule has 0 bridgehead atoms. The van der Waals surface area contributed by atoms with Gasteiger partial charge in [-0.15, -0.1) is 0 Å². The van der Waals surface area contributed by atoms with Crippen molar-refractivity contribution in [1.82, 2.24) is 0 Å². The van der Waals surface area contributed by atoms with Crippen molar-refractivity contribution in [3.05, 3.63) is 23.8 Å². The molecule has 1 aliphatic heterocycles. The number of nitrogen functional groups attached to an aromatic ring is 1. The largest absolute Gasteiger partial charge is 0.399 e. The van der Waals surface area contributed by atoms with Crippen LogP contribution in [-0.2, 0) is 4.74 Å². The van der Waals surface area contributed by atoms with Crippen LogP contribution in [0.3, 0.4) is 0 Å². The van der Waals surface area contributed by atoms with E-state index in [9.17, 15) is 0 Å². The third-order valence-electron chi connectivity index (χ3n) is 3.04. The molecule has 1 aromatic carbocycles. The third-order valence-corrected chi connectivity index (χ3v) is 3.04. The highest BCUT2D eigenvalue weighted by Gasteiger charge is 2.22. The lowest BCUT2D eigenvalue weighted by atomic mass is 10.1. The molecule has 0 aliphatic carbocycles. The summed E-state index contributed by atoms with van der Waals surface area (Å²) in [4.78, 5) is 2.36. The van der Waals surface area contributed by atoms with Gasteiger partial charge in [0.05, 0.1) is 6.10 Å². The first kappa shape index (κ1) is 10.3. The number of benzene rings is 1. The Labute approximate surface area is 90.8 Å². The fourth-order valence-corrected chi connectivity index (χ4v) is 2.17. The summed E-state index contributed by atoms with van der Waals surface area (Å²) in [7, 11) is 1.78. The van der Waals surface area contributed by atoms with E-state index in [-0.39, 0.29) is 0 Å². The maximum Gasteiger partial charge on any atom is 0.0762 e. The molecule has 1 aromatic rings. The van der Waals surface area contributed by atoms with E-state index in [4.69, 9.17) is 10.5 Å². The van der Waals surface area contributed by atoms with Crippen molar-refractivity contribution >= 4 is 11.4 Å². The molecule has 1 atom stereocenters. The molecule has 1 unspecified atom stereocenters. The third kappa shape index (κ3) is 2.07. The van der Waals surface area contributed by atoms with Crippen LogP contribution in [0.5, 0.6) is 0 Å². The van der Waals surface area contributed by atoms with Crippen LogP contribution in [0.1, 0.15) is 12.0 Å². The van der Waals surface area contributed by atoms with E-state index in [0.29, 0.717) is 6.10 Å². The van der Waals surface area contributed by atoms with E-state index in [1.807, 2.05) is 12.1 Å². The maximum atomic E-state index is 5.74. The molecule has 1 fully saturated rings. The maximum absolute atomic E-state index is 5.74. The van der Waals surface area contributed by atoms with Crippen LogP contribution >= 0.6 is 0 Å². The van der Waals surface area contributed by atoms with Crippen molar-refractivity contribution < 1.29 is 4.74 Å². The second kappa shape index (κ2) is 4.11. The molecule has 0 aromatic heterocycles. The first-order valence-corrected chi connectivity index (χ1v) is 5.34. The minimum atomic E-state index is 0.377. The van der Waals surface area contributed by atoms with Crippen molar-refractivity contribution in [3.8, 4) is 0 Å². The van der Waals surface area contributed by atoms with Crippen molar-refractivity contribution in [2.75, 3.05) is 30.8 Å². The molecule has 1 aliphatic rings. The van der Waals surface area contributed by atoms with Crippen LogP contribution in [0.15, 0.2) is 18.2 Å². The lowest BCUT2D eigenvalue weighted by molar-refractivity contribution is 0.121. The van der Waals surface area contributed by atoms with Crippen LogP contribution < -0.4 is 10.6 Å². The van der Waals surface area contributed by atoms with Gasteiger partial charge in [0.25, 0.3) is 0 Å². The van der Waals surface area contributed by atoms with Crippen LogP contribution in [0.25, 0.3) is 0 Å². The molecule has 3 nitrogen and oxygen atoms in total. The summed E-state index contributed by atoms with van der Waals surface area (Å²) >= 11 is 0. The summed E-state index contributed by atoms with van der Waals surface area (Å²) in [5, 5.41) is 0. The highest BCUT2D eigenvalue weighted by molar-refractivity contribution is 5.59. The minimum Gasteiger partial charge on any atom is -0.399 e. The lowest BCUT2D eigenvalue weighted by Gasteiger charge is -2.20. The van der Waals surface area contributed by atoms with Gasteiger partial charge in [-0.3, -0.25) is 0 Å². The molecule has 15 heavy (non-hydrogen) atoms. The van der Waals surface area contributed by atoms with Crippen molar-refractivity contribution in [3.63, 3.8) is 0 Å². The zero-order chi connectivity index (χ0) is 10.8. The van der Waals surface area contributed by atoms with E-state index in [2.05, 4.69) is 17.9 Å². The molecule has 2 rings (SSSR count). The van der Waals surface area contributed by atoms with Gasteiger partial charge in [0.15, 0.2) is 0 Å². The van der Waals surface area contributed by atoms with E-state index in [1.165, 1.54) is 11.3 Å². The highest BCUT2D eigenvalue weighted by Crippen LogP contribution is 2.26. The summed E-state index contributed by atoms with van der Waals surface area (Å²) in [6, 6.07) is 6.08. The van der Waals surface area contributed by atoms with Crippen LogP contribution in [-0.4, -0.2) is 26.3 Å². The van der Waals surface area contributed by atoms with Crippen LogP contribution in [0.4, 0.5) is 11.4 Å². The molecule has 3 heteroatoms. The molecular weight excluding hydrogens is 188 g/mol. The number of methoxy groups -OCH3 is 1. The molecule has 2 N–H and O–H groups in total. The van der Waals surface area contributed by atoms with Crippen molar-refractivity contribution in [1.29, 1.82) is 0 Å². The standard InChI is InChI=1S/C12H18N2O/c1-9-7-10(13)3-4-12(9)14-6-5-11(8-14)15-2/h3-4,7,11H,5-6,8,13H2,1-2H3. The van der Waals surface area contributed by atoms with E-state index in [0.717, 1.165) is 25.2 Å². The molecule has 82 valence electrons. The number of hydrogen-bond acceptors (Lipinski definition) is 3. The van der Waals surface area contributed by atoms with Crippen molar-refractivity contribution in [2.45, 2.75) is 19.4 Å². The molecule has 0 saturated carbocycles. The van der Waals surface area contributed by atoms with E-state index in [1.54, 1.807) is 7.11 Å². The average Bonchev–Trinajstić information content (AvgIpc) is 2.66. The van der Waals surface area contributed by atoms with Gasteiger partial charge in [-0.1, -0.05) is 0 Å². The number of hydrogen-bond donors (Lipinski definition) is 1. The fourth-order valence-electron chi connectivity index (χ4n) is 2.17. The Balaban J connectivity index is 2.17. The van der Waals surface area contributed by atoms with Gasteiger partial charge in [0.1, 0.15) is 0 Å². The quantitative estimate of drug-likeness (QED) is 0.750. The number of rotatable bonds is 2. The monoisotopic (exact) mass is 206 g/mol. The second-order valence-electron chi connectivity index (χ2n) is 4.14. The number of nitrogens with two attached hydrogens (primary N) is 1. The minimum absolute atomic E-state index is 0.377. The Morgan fingerprint density at radius 2 is 2.27 bits per heavy atom. The molecule has 0 spiro atoms. The lowest BCUT2D eigenvalue weighted by Crippen LogP contribution is -2.22. The van der Waals surface area contributed by atoms with E-state index >= 15 is 0 Å². The Kier molecular flexibility index (Phi) is 2.82. The smallest absolute Gasteiger partial charge is 0.0762 e. The molecule has 0 amide bonds. The summed E-state index contributed by atoms with van der Waals surface area (Å²) in [5.41, 5.74) is 9.09. The molecule has 1 heterocycles. The van der Waals surface area contributed by atoms with Gasteiger partial charge in [-0.05, 0) is 37.1 Å². The number of nitrogens with zero attached hydrogens (tertiary/aromatic N) is 1. The summed E-state index contributed by atoms with van der Waals surface area (Å²) < 4.78 is 5.36. The number of anilines is 2. The Bertz CT molecular complexity index is 351. The predicted octanol–water partition coefficient (Wildman–Crippen LogP) is 1.80. The molecular formula is C12H18N2O. The predicted molar refractivity (Wildman–Crippen MR) is 63.2 cm³/mol. The molecule has 0 radical (unpaired) electrons. The highest BCUT2D eigenvalue weighted by atomic mass is 16.5. The average molecular weight is 206 g/mol. The zero-order valence-corrected chi connectivity index (χ0v) is 9.36. The first-order chi connectivity index (χ1) is 7.20. The van der Waals surface area contributed by atoms with Gasteiger partial charge >= 0.3 is 0 Å². The van der Waals surface area contributed by atoms with Gasteiger partial charge in [-0.25, -0.2) is 0 Å². The summed E-state index contributed by atoms with van der Waals surface area (Å²) in [6.07, 6.45) is 1.49. The second-order valence-corrected chi connectivity index (χ2v) is 4.14. The normalized spacial score (nSPS) is 20.9. The Hall–Kier alpha value is -1.22. The van der Waals surface area contributed by atoms with Crippen LogP contribution in [0.2, 0.25) is 0 Å². The topological polar surface area (TPSA) is 38.5 Å². The van der Waals surface area contributed by atoms with Gasteiger partial charge in [0, 0.05) is 31.6 Å². The van der Waals surface area contributed by atoms with Gasteiger partial charge in [-0.2, -0.15) is 0 Å². The summed E-state index contributed by atoms with van der Waals surface area (Å²) in [5.74, 6) is 0. The van der Waals surface area contributed by atoms with E-state index < -0.39 is 0 Å².